The van der Waals surface area contributed by atoms with Crippen LogP contribution in [0.3, 0.4) is 0 Å². The summed E-state index contributed by atoms with van der Waals surface area (Å²) < 4.78 is 0. The molecule has 0 radical (unpaired) electrons. The van der Waals surface area contributed by atoms with E-state index in [9.17, 15) is 0 Å². The molecule has 0 aliphatic carbocycles. The van der Waals surface area contributed by atoms with Gasteiger partial charge in [-0.15, -0.1) is 11.3 Å². The Bertz CT molecular complexity index is 603. The van der Waals surface area contributed by atoms with Crippen molar-refractivity contribution in [3.05, 3.63) is 38.9 Å². The topological polar surface area (TPSA) is 37.8 Å². The molecule has 1 atom stereocenters. The van der Waals surface area contributed by atoms with Gasteiger partial charge in [0.2, 0.25) is 0 Å². The highest BCUT2D eigenvalue weighted by Gasteiger charge is 2.21. The molecule has 0 bridgehead atoms. The number of hydrogen-bond acceptors (Lipinski definition) is 4. The van der Waals surface area contributed by atoms with Crippen LogP contribution in [-0.4, -0.2) is 16.0 Å². The third-order valence-corrected chi connectivity index (χ3v) is 4.49. The molecule has 3 nitrogen and oxygen atoms in total. The van der Waals surface area contributed by atoms with Gasteiger partial charge < -0.3 is 5.32 Å². The van der Waals surface area contributed by atoms with E-state index in [2.05, 4.69) is 60.5 Å². The molecule has 0 spiro atoms. The summed E-state index contributed by atoms with van der Waals surface area (Å²) in [5.74, 6) is 1.60. The smallest absolute Gasteiger partial charge is 0.137 e. The lowest BCUT2D eigenvalue weighted by molar-refractivity contribution is 0.544. The van der Waals surface area contributed by atoms with E-state index in [-0.39, 0.29) is 5.41 Å². The van der Waals surface area contributed by atoms with Crippen molar-refractivity contribution in [1.82, 2.24) is 9.97 Å². The highest BCUT2D eigenvalue weighted by Crippen LogP contribution is 2.26. The molecule has 0 amide bonds. The van der Waals surface area contributed by atoms with Crippen LogP contribution in [0.5, 0.6) is 0 Å². The highest BCUT2D eigenvalue weighted by molar-refractivity contribution is 7.09. The molecular weight excluding hydrogens is 302 g/mol. The Kier molecular flexibility index (Phi) is 4.89. The van der Waals surface area contributed by atoms with Gasteiger partial charge in [0.25, 0.3) is 0 Å². The predicted molar refractivity (Wildman–Crippen MR) is 91.6 cm³/mol. The fourth-order valence-corrected chi connectivity index (χ4v) is 2.98. The van der Waals surface area contributed by atoms with Crippen LogP contribution < -0.4 is 5.32 Å². The predicted octanol–water partition coefficient (Wildman–Crippen LogP) is 4.84. The summed E-state index contributed by atoms with van der Waals surface area (Å²) in [6.45, 7) is 10.4. The van der Waals surface area contributed by atoms with Crippen LogP contribution in [0.4, 0.5) is 5.82 Å². The maximum absolute atomic E-state index is 6.26. The third kappa shape index (κ3) is 4.17. The Morgan fingerprint density at radius 3 is 2.62 bits per heavy atom. The van der Waals surface area contributed by atoms with Crippen LogP contribution >= 0.6 is 22.9 Å². The monoisotopic (exact) mass is 323 g/mol. The van der Waals surface area contributed by atoms with Crippen LogP contribution in [0.25, 0.3) is 0 Å². The summed E-state index contributed by atoms with van der Waals surface area (Å²) in [4.78, 5) is 10.4. The average molecular weight is 324 g/mol. The van der Waals surface area contributed by atoms with Gasteiger partial charge in [0.05, 0.1) is 0 Å². The molecule has 1 unspecified atom stereocenters. The molecule has 0 aliphatic rings. The summed E-state index contributed by atoms with van der Waals surface area (Å²) >= 11 is 8.04. The van der Waals surface area contributed by atoms with Crippen molar-refractivity contribution in [1.29, 1.82) is 0 Å². The molecule has 2 aromatic heterocycles. The molecule has 21 heavy (non-hydrogen) atoms. The fraction of sp³-hybridized carbons (Fsp3) is 0.500. The number of nitrogens with one attached hydrogen (secondary N) is 1. The Hall–Kier alpha value is -1.13. The molecule has 1 N–H and O–H groups in total. The largest absolute Gasteiger partial charge is 0.367 e. The Morgan fingerprint density at radius 1 is 1.33 bits per heavy atom. The van der Waals surface area contributed by atoms with Gasteiger partial charge in [-0.2, -0.15) is 0 Å². The highest BCUT2D eigenvalue weighted by atomic mass is 35.5. The lowest BCUT2D eigenvalue weighted by Crippen LogP contribution is -2.22. The number of halogens is 1. The number of anilines is 1. The summed E-state index contributed by atoms with van der Waals surface area (Å²) in [7, 11) is 0. The minimum Gasteiger partial charge on any atom is -0.367 e. The summed E-state index contributed by atoms with van der Waals surface area (Å²) in [5, 5.41) is 6.11. The van der Waals surface area contributed by atoms with Crippen LogP contribution in [0.2, 0.25) is 5.15 Å². The normalized spacial score (nSPS) is 13.2. The van der Waals surface area contributed by atoms with Crippen molar-refractivity contribution >= 4 is 28.8 Å². The SMILES string of the molecule is Cc1c(Cl)nc(C(C)(C)C)nc1NC(C)Cc1cccs1. The zero-order valence-electron chi connectivity index (χ0n) is 13.2. The standard InChI is InChI=1S/C16H22ClN3S/c1-10(9-12-7-6-8-21-12)18-14-11(2)13(17)19-15(20-14)16(3,4)5/h6-8,10H,9H2,1-5H3,(H,18,19,20). The average Bonchev–Trinajstić information content (AvgIpc) is 2.86. The first-order valence-electron chi connectivity index (χ1n) is 7.11. The number of hydrogen-bond donors (Lipinski definition) is 1. The zero-order chi connectivity index (χ0) is 15.6. The second-order valence-electron chi connectivity index (χ2n) is 6.39. The van der Waals surface area contributed by atoms with Crippen molar-refractivity contribution in [2.24, 2.45) is 0 Å². The lowest BCUT2D eigenvalue weighted by atomic mass is 9.95. The second-order valence-corrected chi connectivity index (χ2v) is 7.78. The van der Waals surface area contributed by atoms with Crippen LogP contribution in [0, 0.1) is 6.92 Å². The van der Waals surface area contributed by atoms with Crippen molar-refractivity contribution in [3.8, 4) is 0 Å². The third-order valence-electron chi connectivity index (χ3n) is 3.23. The number of thiophene rings is 1. The maximum Gasteiger partial charge on any atom is 0.137 e. The first kappa shape index (κ1) is 16.2. The van der Waals surface area contributed by atoms with Crippen LogP contribution in [0.1, 0.15) is 44.0 Å². The van der Waals surface area contributed by atoms with E-state index in [0.717, 1.165) is 23.6 Å². The molecule has 0 aliphatic heterocycles. The van der Waals surface area contributed by atoms with E-state index < -0.39 is 0 Å². The Morgan fingerprint density at radius 2 is 2.05 bits per heavy atom. The summed E-state index contributed by atoms with van der Waals surface area (Å²) in [6.07, 6.45) is 0.976. The van der Waals surface area contributed by atoms with E-state index in [1.54, 1.807) is 11.3 Å². The number of nitrogens with zero attached hydrogens (tertiary/aromatic N) is 2. The molecule has 5 heteroatoms. The molecule has 0 saturated heterocycles. The van der Waals surface area contributed by atoms with E-state index in [0.29, 0.717) is 11.2 Å². The molecule has 0 fully saturated rings. The zero-order valence-corrected chi connectivity index (χ0v) is 14.8. The molecule has 0 saturated carbocycles. The summed E-state index contributed by atoms with van der Waals surface area (Å²) in [6, 6.07) is 4.53. The van der Waals surface area contributed by atoms with Crippen molar-refractivity contribution in [2.75, 3.05) is 5.32 Å². The van der Waals surface area contributed by atoms with E-state index >= 15 is 0 Å². The Balaban J connectivity index is 2.20. The molecule has 2 aromatic rings. The number of aromatic nitrogens is 2. The van der Waals surface area contributed by atoms with Gasteiger partial charge in [-0.25, -0.2) is 9.97 Å². The fourth-order valence-electron chi connectivity index (χ4n) is 1.98. The quantitative estimate of drug-likeness (QED) is 0.818. The van der Waals surface area contributed by atoms with E-state index in [1.165, 1.54) is 4.88 Å². The van der Waals surface area contributed by atoms with Gasteiger partial charge in [0.1, 0.15) is 16.8 Å². The minimum absolute atomic E-state index is 0.120. The van der Waals surface area contributed by atoms with Gasteiger partial charge in [-0.05, 0) is 25.3 Å². The molecular formula is C16H22ClN3S. The Labute approximate surface area is 135 Å². The molecule has 0 aromatic carbocycles. The first-order chi connectivity index (χ1) is 9.77. The van der Waals surface area contributed by atoms with Crippen LogP contribution in [-0.2, 0) is 11.8 Å². The lowest BCUT2D eigenvalue weighted by Gasteiger charge is -2.21. The van der Waals surface area contributed by atoms with E-state index in [1.807, 2.05) is 6.92 Å². The first-order valence-corrected chi connectivity index (χ1v) is 8.36. The molecule has 114 valence electrons. The second kappa shape index (κ2) is 6.32. The van der Waals surface area contributed by atoms with Crippen molar-refractivity contribution < 1.29 is 0 Å². The van der Waals surface area contributed by atoms with Gasteiger partial charge in [-0.3, -0.25) is 0 Å². The van der Waals surface area contributed by atoms with Crippen LogP contribution in [0.15, 0.2) is 17.5 Å². The summed E-state index contributed by atoms with van der Waals surface area (Å²) in [5.41, 5.74) is 0.785. The number of rotatable bonds is 4. The minimum atomic E-state index is -0.120. The molecule has 2 heterocycles. The molecule has 2 rings (SSSR count). The maximum atomic E-state index is 6.26. The van der Waals surface area contributed by atoms with Gasteiger partial charge in [-0.1, -0.05) is 38.4 Å². The van der Waals surface area contributed by atoms with Gasteiger partial charge >= 0.3 is 0 Å². The van der Waals surface area contributed by atoms with Crippen molar-refractivity contribution in [3.63, 3.8) is 0 Å². The van der Waals surface area contributed by atoms with Gasteiger partial charge in [0.15, 0.2) is 0 Å². The van der Waals surface area contributed by atoms with Crippen molar-refractivity contribution in [2.45, 2.75) is 52.5 Å². The van der Waals surface area contributed by atoms with E-state index in [4.69, 9.17) is 11.6 Å². The van der Waals surface area contributed by atoms with Gasteiger partial charge in [0, 0.05) is 28.3 Å².